The van der Waals surface area contributed by atoms with Crippen molar-refractivity contribution in [3.8, 4) is 0 Å². The Morgan fingerprint density at radius 3 is 1.90 bits per heavy atom. The number of hydrogen-bond acceptors (Lipinski definition) is 3. The van der Waals surface area contributed by atoms with Crippen LogP contribution in [0, 0.1) is 0 Å². The quantitative estimate of drug-likeness (QED) is 0.521. The van der Waals surface area contributed by atoms with E-state index in [1.165, 1.54) is 27.1 Å². The van der Waals surface area contributed by atoms with Gasteiger partial charge in [-0.2, -0.15) is 0 Å². The van der Waals surface area contributed by atoms with Crippen molar-refractivity contribution >= 4 is 21.5 Å². The van der Waals surface area contributed by atoms with Gasteiger partial charge >= 0.3 is 0 Å². The van der Waals surface area contributed by atoms with E-state index in [0.717, 1.165) is 5.82 Å². The van der Waals surface area contributed by atoms with Crippen LogP contribution in [-0.4, -0.2) is 15.0 Å². The highest BCUT2D eigenvalue weighted by Gasteiger charge is 2.09. The average molecular weight is 271 g/mol. The minimum Gasteiger partial charge on any atom is -0.225 e. The van der Waals surface area contributed by atoms with Gasteiger partial charge in [0.2, 0.25) is 0 Å². The van der Waals surface area contributed by atoms with Crippen LogP contribution in [0.5, 0.6) is 0 Å². The molecule has 21 heavy (non-hydrogen) atoms. The Hall–Kier alpha value is -2.81. The lowest BCUT2D eigenvalue weighted by molar-refractivity contribution is 0.924. The molecule has 4 aromatic rings. The van der Waals surface area contributed by atoms with E-state index in [2.05, 4.69) is 69.5 Å². The number of rotatable bonds is 2. The zero-order valence-corrected chi connectivity index (χ0v) is 11.4. The van der Waals surface area contributed by atoms with Gasteiger partial charge in [-0.3, -0.25) is 0 Å². The van der Waals surface area contributed by atoms with Gasteiger partial charge in [-0.15, -0.1) is 0 Å². The van der Waals surface area contributed by atoms with Crippen molar-refractivity contribution in [1.29, 1.82) is 0 Å². The molecule has 0 saturated heterocycles. The van der Waals surface area contributed by atoms with Crippen molar-refractivity contribution in [1.82, 2.24) is 15.0 Å². The molecule has 0 bridgehead atoms. The van der Waals surface area contributed by atoms with Gasteiger partial charge in [0.1, 0.15) is 18.5 Å². The Labute approximate surface area is 122 Å². The fraction of sp³-hybridized carbons (Fsp3) is 0.0556. The van der Waals surface area contributed by atoms with E-state index in [-0.39, 0.29) is 0 Å². The van der Waals surface area contributed by atoms with Crippen molar-refractivity contribution in [2.45, 2.75) is 6.42 Å². The first-order chi connectivity index (χ1) is 10.4. The zero-order valence-electron chi connectivity index (χ0n) is 11.4. The number of hydrogen-bond donors (Lipinski definition) is 0. The maximum Gasteiger partial charge on any atom is 0.136 e. The number of benzene rings is 3. The Morgan fingerprint density at radius 1 is 0.714 bits per heavy atom. The number of fused-ring (bicyclic) bond motifs is 2. The second-order valence-corrected chi connectivity index (χ2v) is 5.03. The molecule has 0 aliphatic carbocycles. The maximum atomic E-state index is 4.27. The lowest BCUT2D eigenvalue weighted by Gasteiger charge is -2.10. The molecule has 0 saturated carbocycles. The van der Waals surface area contributed by atoms with E-state index in [0.29, 0.717) is 6.42 Å². The molecule has 4 rings (SSSR count). The lowest BCUT2D eigenvalue weighted by atomic mass is 9.95. The molecule has 3 aromatic carbocycles. The van der Waals surface area contributed by atoms with E-state index >= 15 is 0 Å². The third-order valence-corrected chi connectivity index (χ3v) is 3.76. The van der Waals surface area contributed by atoms with Gasteiger partial charge in [0.25, 0.3) is 0 Å². The smallest absolute Gasteiger partial charge is 0.136 e. The summed E-state index contributed by atoms with van der Waals surface area (Å²) in [6.45, 7) is 0. The van der Waals surface area contributed by atoms with Crippen molar-refractivity contribution in [2.75, 3.05) is 0 Å². The molecule has 1 aromatic heterocycles. The monoisotopic (exact) mass is 271 g/mol. The summed E-state index contributed by atoms with van der Waals surface area (Å²) >= 11 is 0. The van der Waals surface area contributed by atoms with Gasteiger partial charge < -0.3 is 0 Å². The lowest BCUT2D eigenvalue weighted by Crippen LogP contribution is -1.98. The fourth-order valence-corrected chi connectivity index (χ4v) is 2.81. The third-order valence-electron chi connectivity index (χ3n) is 3.76. The molecule has 0 unspecified atom stereocenters. The van der Waals surface area contributed by atoms with Gasteiger partial charge in [-0.1, -0.05) is 48.5 Å². The predicted octanol–water partition coefficient (Wildman–Crippen LogP) is 3.77. The van der Waals surface area contributed by atoms with Crippen molar-refractivity contribution < 1.29 is 0 Å². The molecule has 0 aliphatic rings. The van der Waals surface area contributed by atoms with E-state index in [9.17, 15) is 0 Å². The molecular weight excluding hydrogens is 258 g/mol. The van der Waals surface area contributed by atoms with Gasteiger partial charge in [0.15, 0.2) is 0 Å². The Bertz CT molecular complexity index is 863. The molecule has 100 valence electrons. The van der Waals surface area contributed by atoms with Crippen LogP contribution in [0.4, 0.5) is 0 Å². The zero-order chi connectivity index (χ0) is 14.1. The SMILES string of the molecule is c1ccc2c(Cc3ncncn3)c3ccccc3cc2c1. The standard InChI is InChI=1S/C18H13N3/c1-3-7-15-13(5-1)9-14-6-2-4-8-16(14)17(15)10-18-20-11-19-12-21-18/h1-9,11-12H,10H2. The molecule has 0 atom stereocenters. The molecule has 0 aliphatic heterocycles. The topological polar surface area (TPSA) is 38.7 Å². The Morgan fingerprint density at radius 2 is 1.29 bits per heavy atom. The minimum absolute atomic E-state index is 0.713. The van der Waals surface area contributed by atoms with Crippen molar-refractivity contribution in [3.05, 3.63) is 78.6 Å². The highest BCUT2D eigenvalue weighted by molar-refractivity contribution is 6.02. The van der Waals surface area contributed by atoms with E-state index in [1.807, 2.05) is 0 Å². The molecule has 0 amide bonds. The Kier molecular flexibility index (Phi) is 2.82. The van der Waals surface area contributed by atoms with Gasteiger partial charge in [-0.05, 0) is 33.2 Å². The first-order valence-corrected chi connectivity index (χ1v) is 6.92. The summed E-state index contributed by atoms with van der Waals surface area (Å²) in [4.78, 5) is 12.4. The van der Waals surface area contributed by atoms with Crippen LogP contribution in [0.15, 0.2) is 67.3 Å². The molecule has 0 fully saturated rings. The van der Waals surface area contributed by atoms with Gasteiger partial charge in [0.05, 0.1) is 0 Å². The molecule has 0 N–H and O–H groups in total. The summed E-state index contributed by atoms with van der Waals surface area (Å²) < 4.78 is 0. The van der Waals surface area contributed by atoms with Crippen LogP contribution in [0.2, 0.25) is 0 Å². The summed E-state index contributed by atoms with van der Waals surface area (Å²) in [6.07, 6.45) is 3.82. The molecule has 3 heteroatoms. The van der Waals surface area contributed by atoms with Crippen LogP contribution in [0.1, 0.15) is 11.4 Å². The average Bonchev–Trinajstić information content (AvgIpc) is 2.55. The van der Waals surface area contributed by atoms with Gasteiger partial charge in [0, 0.05) is 6.42 Å². The van der Waals surface area contributed by atoms with E-state index in [4.69, 9.17) is 0 Å². The maximum absolute atomic E-state index is 4.27. The van der Waals surface area contributed by atoms with Crippen LogP contribution < -0.4 is 0 Å². The predicted molar refractivity (Wildman–Crippen MR) is 84.1 cm³/mol. The molecule has 3 nitrogen and oxygen atoms in total. The van der Waals surface area contributed by atoms with Crippen molar-refractivity contribution in [2.24, 2.45) is 0 Å². The molecule has 1 heterocycles. The summed E-state index contributed by atoms with van der Waals surface area (Å²) in [7, 11) is 0. The van der Waals surface area contributed by atoms with Crippen LogP contribution in [0.25, 0.3) is 21.5 Å². The van der Waals surface area contributed by atoms with E-state index in [1.54, 1.807) is 12.7 Å². The normalized spacial score (nSPS) is 11.0. The summed E-state index contributed by atoms with van der Waals surface area (Å²) in [5.41, 5.74) is 1.27. The minimum atomic E-state index is 0.713. The Balaban J connectivity index is 2.02. The molecule has 0 spiro atoms. The first kappa shape index (κ1) is 12.0. The number of aromatic nitrogens is 3. The summed E-state index contributed by atoms with van der Waals surface area (Å²) in [6, 6.07) is 19.2. The highest BCUT2D eigenvalue weighted by Crippen LogP contribution is 2.29. The second kappa shape index (κ2) is 4.94. The van der Waals surface area contributed by atoms with E-state index < -0.39 is 0 Å². The van der Waals surface area contributed by atoms with Gasteiger partial charge in [-0.25, -0.2) is 15.0 Å². The van der Waals surface area contributed by atoms with Crippen LogP contribution in [0.3, 0.4) is 0 Å². The van der Waals surface area contributed by atoms with Crippen molar-refractivity contribution in [3.63, 3.8) is 0 Å². The molecular formula is C18H13N3. The third kappa shape index (κ3) is 2.13. The first-order valence-electron chi connectivity index (χ1n) is 6.92. The molecule has 0 radical (unpaired) electrons. The van der Waals surface area contributed by atoms with Crippen LogP contribution in [-0.2, 0) is 6.42 Å². The summed E-state index contributed by atoms with van der Waals surface area (Å²) in [5.74, 6) is 0.798. The number of nitrogens with zero attached hydrogens (tertiary/aromatic N) is 3. The highest BCUT2D eigenvalue weighted by atomic mass is 15.0. The largest absolute Gasteiger partial charge is 0.225 e. The summed E-state index contributed by atoms with van der Waals surface area (Å²) in [5, 5.41) is 5.02. The van der Waals surface area contributed by atoms with Crippen LogP contribution >= 0.6 is 0 Å². The second-order valence-electron chi connectivity index (χ2n) is 5.03. The fourth-order valence-electron chi connectivity index (χ4n) is 2.81.